The number of pyridine rings is 1. The van der Waals surface area contributed by atoms with Crippen LogP contribution in [0, 0.1) is 6.92 Å². The molecule has 0 aliphatic carbocycles. The zero-order valence-corrected chi connectivity index (χ0v) is 12.4. The Bertz CT molecular complexity index is 560. The van der Waals surface area contributed by atoms with Crippen molar-refractivity contribution in [3.05, 3.63) is 34.4 Å². The molecule has 0 atom stereocenters. The Morgan fingerprint density at radius 2 is 2.21 bits per heavy atom. The molecule has 0 saturated carbocycles. The predicted molar refractivity (Wildman–Crippen MR) is 80.6 cm³/mol. The van der Waals surface area contributed by atoms with Crippen LogP contribution in [0.1, 0.15) is 5.69 Å². The van der Waals surface area contributed by atoms with Crippen molar-refractivity contribution in [2.75, 3.05) is 31.7 Å². The summed E-state index contributed by atoms with van der Waals surface area (Å²) >= 11 is 3.52. The first-order valence-electron chi connectivity index (χ1n) is 6.20. The van der Waals surface area contributed by atoms with Gasteiger partial charge in [0.15, 0.2) is 0 Å². The minimum absolute atomic E-state index is 0.0598. The van der Waals surface area contributed by atoms with Crippen molar-refractivity contribution in [2.45, 2.75) is 6.92 Å². The molecule has 0 aliphatic rings. The molecule has 2 aromatic rings. The van der Waals surface area contributed by atoms with Crippen molar-refractivity contribution in [1.29, 1.82) is 0 Å². The standard InChI is InChI=1S/C14H17BrN2O2/c1-10-9-13(16-5-7-19-8-6-18)11-3-2-4-12(15)14(11)17-10/h2-4,9,18H,5-8H2,1H3,(H,16,17). The first kappa shape index (κ1) is 14.2. The van der Waals surface area contributed by atoms with E-state index >= 15 is 0 Å². The largest absolute Gasteiger partial charge is 0.394 e. The maximum Gasteiger partial charge on any atom is 0.0867 e. The van der Waals surface area contributed by atoms with Crippen LogP contribution in [-0.2, 0) is 4.74 Å². The zero-order valence-electron chi connectivity index (χ0n) is 10.8. The summed E-state index contributed by atoms with van der Waals surface area (Å²) in [5.41, 5.74) is 2.98. The number of aromatic nitrogens is 1. The van der Waals surface area contributed by atoms with Gasteiger partial charge in [0.25, 0.3) is 0 Å². The average Bonchev–Trinajstić information content (AvgIpc) is 2.39. The minimum Gasteiger partial charge on any atom is -0.394 e. The second-order valence-corrected chi connectivity index (χ2v) is 5.06. The summed E-state index contributed by atoms with van der Waals surface area (Å²) in [6.45, 7) is 3.68. The van der Waals surface area contributed by atoms with Gasteiger partial charge in [-0.2, -0.15) is 0 Å². The fraction of sp³-hybridized carbons (Fsp3) is 0.357. The smallest absolute Gasteiger partial charge is 0.0867 e. The highest BCUT2D eigenvalue weighted by Crippen LogP contribution is 2.28. The summed E-state index contributed by atoms with van der Waals surface area (Å²) in [5.74, 6) is 0. The zero-order chi connectivity index (χ0) is 13.7. The molecule has 19 heavy (non-hydrogen) atoms. The van der Waals surface area contributed by atoms with Gasteiger partial charge in [-0.25, -0.2) is 0 Å². The van der Waals surface area contributed by atoms with Crippen molar-refractivity contribution in [2.24, 2.45) is 0 Å². The van der Waals surface area contributed by atoms with Gasteiger partial charge >= 0.3 is 0 Å². The van der Waals surface area contributed by atoms with Gasteiger partial charge in [0.1, 0.15) is 0 Å². The molecule has 0 unspecified atom stereocenters. The summed E-state index contributed by atoms with van der Waals surface area (Å²) in [4.78, 5) is 4.54. The maximum atomic E-state index is 8.63. The second kappa shape index (κ2) is 6.84. The highest BCUT2D eigenvalue weighted by molar-refractivity contribution is 9.10. The van der Waals surface area contributed by atoms with Gasteiger partial charge in [-0.3, -0.25) is 4.98 Å². The Morgan fingerprint density at radius 1 is 1.37 bits per heavy atom. The normalized spacial score (nSPS) is 10.9. The lowest BCUT2D eigenvalue weighted by Crippen LogP contribution is -2.11. The van der Waals surface area contributed by atoms with E-state index < -0.39 is 0 Å². The first-order valence-corrected chi connectivity index (χ1v) is 7.00. The van der Waals surface area contributed by atoms with Gasteiger partial charge in [-0.05, 0) is 35.0 Å². The Hall–Kier alpha value is -1.17. The quantitative estimate of drug-likeness (QED) is 0.802. The van der Waals surface area contributed by atoms with E-state index in [0.717, 1.165) is 26.8 Å². The maximum absolute atomic E-state index is 8.63. The number of nitrogens with zero attached hydrogens (tertiary/aromatic N) is 1. The molecule has 2 rings (SSSR count). The highest BCUT2D eigenvalue weighted by Gasteiger charge is 2.06. The van der Waals surface area contributed by atoms with Crippen molar-refractivity contribution in [3.8, 4) is 0 Å². The summed E-state index contributed by atoms with van der Waals surface area (Å²) in [6.07, 6.45) is 0. The number of aliphatic hydroxyl groups is 1. The molecular formula is C14H17BrN2O2. The highest BCUT2D eigenvalue weighted by atomic mass is 79.9. The van der Waals surface area contributed by atoms with E-state index in [4.69, 9.17) is 9.84 Å². The molecule has 1 heterocycles. The number of fused-ring (bicyclic) bond motifs is 1. The molecular weight excluding hydrogens is 308 g/mol. The lowest BCUT2D eigenvalue weighted by Gasteiger charge is -2.11. The number of aryl methyl sites for hydroxylation is 1. The van der Waals surface area contributed by atoms with Crippen molar-refractivity contribution >= 4 is 32.5 Å². The van der Waals surface area contributed by atoms with E-state index in [1.54, 1.807) is 0 Å². The fourth-order valence-corrected chi connectivity index (χ4v) is 2.37. The monoisotopic (exact) mass is 324 g/mol. The molecule has 1 aromatic heterocycles. The van der Waals surface area contributed by atoms with Crippen molar-refractivity contribution < 1.29 is 9.84 Å². The predicted octanol–water partition coefficient (Wildman–Crippen LogP) is 2.73. The number of ether oxygens (including phenoxy) is 1. The van der Waals surface area contributed by atoms with E-state index in [2.05, 4.69) is 26.2 Å². The Morgan fingerprint density at radius 3 is 3.00 bits per heavy atom. The van der Waals surface area contributed by atoms with Gasteiger partial charge in [-0.15, -0.1) is 0 Å². The molecule has 5 heteroatoms. The minimum atomic E-state index is 0.0598. The van der Waals surface area contributed by atoms with Crippen LogP contribution in [0.4, 0.5) is 5.69 Å². The third-order valence-electron chi connectivity index (χ3n) is 2.72. The Kier molecular flexibility index (Phi) is 5.13. The summed E-state index contributed by atoms with van der Waals surface area (Å²) in [6, 6.07) is 8.06. The van der Waals surface area contributed by atoms with Crippen LogP contribution >= 0.6 is 15.9 Å². The lowest BCUT2D eigenvalue weighted by molar-refractivity contribution is 0.0992. The number of aliphatic hydroxyl groups excluding tert-OH is 1. The van der Waals surface area contributed by atoms with Crippen LogP contribution in [0.15, 0.2) is 28.7 Å². The Labute approximate surface area is 120 Å². The summed E-state index contributed by atoms with van der Waals surface area (Å²) in [7, 11) is 0. The van der Waals surface area contributed by atoms with E-state index in [-0.39, 0.29) is 6.61 Å². The summed E-state index contributed by atoms with van der Waals surface area (Å²) in [5, 5.41) is 13.1. The number of benzene rings is 1. The molecule has 4 nitrogen and oxygen atoms in total. The van der Waals surface area contributed by atoms with Crippen LogP contribution in [0.2, 0.25) is 0 Å². The van der Waals surface area contributed by atoms with E-state index in [1.807, 2.05) is 31.2 Å². The number of hydrogen-bond donors (Lipinski definition) is 2. The lowest BCUT2D eigenvalue weighted by atomic mass is 10.1. The van der Waals surface area contributed by atoms with Crippen molar-refractivity contribution in [1.82, 2.24) is 4.98 Å². The molecule has 0 fully saturated rings. The van der Waals surface area contributed by atoms with E-state index in [9.17, 15) is 0 Å². The number of anilines is 1. The molecule has 2 N–H and O–H groups in total. The third kappa shape index (κ3) is 3.65. The van der Waals surface area contributed by atoms with Crippen LogP contribution in [0.3, 0.4) is 0 Å². The van der Waals surface area contributed by atoms with Gasteiger partial charge in [0.2, 0.25) is 0 Å². The van der Waals surface area contributed by atoms with Gasteiger partial charge in [0, 0.05) is 27.8 Å². The van der Waals surface area contributed by atoms with Crippen LogP contribution in [0.25, 0.3) is 10.9 Å². The van der Waals surface area contributed by atoms with E-state index in [0.29, 0.717) is 19.8 Å². The van der Waals surface area contributed by atoms with Crippen LogP contribution < -0.4 is 5.32 Å². The van der Waals surface area contributed by atoms with Gasteiger partial charge in [0.05, 0.1) is 25.3 Å². The van der Waals surface area contributed by atoms with Gasteiger partial charge < -0.3 is 15.2 Å². The molecule has 0 amide bonds. The van der Waals surface area contributed by atoms with Crippen LogP contribution in [0.5, 0.6) is 0 Å². The topological polar surface area (TPSA) is 54.4 Å². The van der Waals surface area contributed by atoms with Crippen molar-refractivity contribution in [3.63, 3.8) is 0 Å². The SMILES string of the molecule is Cc1cc(NCCOCCO)c2cccc(Br)c2n1. The molecule has 0 bridgehead atoms. The molecule has 1 aromatic carbocycles. The molecule has 0 saturated heterocycles. The number of hydrogen-bond acceptors (Lipinski definition) is 4. The number of nitrogens with one attached hydrogen (secondary N) is 1. The average molecular weight is 325 g/mol. The fourth-order valence-electron chi connectivity index (χ4n) is 1.91. The molecule has 0 aliphatic heterocycles. The van der Waals surface area contributed by atoms with Crippen LogP contribution in [-0.4, -0.2) is 36.5 Å². The van der Waals surface area contributed by atoms with E-state index in [1.165, 1.54) is 0 Å². The van der Waals surface area contributed by atoms with Gasteiger partial charge in [-0.1, -0.05) is 12.1 Å². The summed E-state index contributed by atoms with van der Waals surface area (Å²) < 4.78 is 6.23. The molecule has 102 valence electrons. The first-order chi connectivity index (χ1) is 9.22. The number of rotatable bonds is 6. The number of para-hydroxylation sites is 1. The molecule has 0 spiro atoms. The second-order valence-electron chi connectivity index (χ2n) is 4.21. The number of halogens is 1. The molecule has 0 radical (unpaired) electrons. The third-order valence-corrected chi connectivity index (χ3v) is 3.36. The Balaban J connectivity index is 2.16.